The van der Waals surface area contributed by atoms with Crippen LogP contribution in [0.15, 0.2) is 14.9 Å². The molecule has 0 atom stereocenters. The van der Waals surface area contributed by atoms with E-state index in [1.807, 2.05) is 0 Å². The van der Waals surface area contributed by atoms with Crippen LogP contribution in [-0.2, 0) is 10.2 Å². The maximum atomic E-state index is 13.6. The van der Waals surface area contributed by atoms with Gasteiger partial charge in [0.25, 0.3) is 0 Å². The van der Waals surface area contributed by atoms with Gasteiger partial charge in [-0.05, 0) is 25.5 Å². The summed E-state index contributed by atoms with van der Waals surface area (Å²) in [5, 5.41) is 0. The lowest BCUT2D eigenvalue weighted by Crippen LogP contribution is -2.29. The van der Waals surface area contributed by atoms with E-state index in [1.54, 1.807) is 13.8 Å². The van der Waals surface area contributed by atoms with Crippen molar-refractivity contribution in [2.45, 2.75) is 13.8 Å². The Balaban J connectivity index is 2.60. The molecule has 0 saturated carbocycles. The van der Waals surface area contributed by atoms with Crippen molar-refractivity contribution in [3.8, 4) is 0 Å². The first-order valence-corrected chi connectivity index (χ1v) is 6.45. The molecule has 1 aliphatic rings. The maximum absolute atomic E-state index is 13.6. The fourth-order valence-corrected chi connectivity index (χ4v) is 2.52. The van der Waals surface area contributed by atoms with Gasteiger partial charge in [-0.1, -0.05) is 0 Å². The summed E-state index contributed by atoms with van der Waals surface area (Å²) in [5.41, 5.74) is 1.49. The molecule has 2 aromatic rings. The Kier molecular flexibility index (Phi) is 2.03. The predicted octanol–water partition coefficient (Wildman–Crippen LogP) is -0.117. The molecule has 1 aromatic carbocycles. The van der Waals surface area contributed by atoms with E-state index in [2.05, 4.69) is 18.8 Å². The summed E-state index contributed by atoms with van der Waals surface area (Å²) in [6.45, 7) is 3.23. The SMILES string of the molecule is Cc1cc(F)c(C)c2nc3c(nc12)=NS(=O)(=O)N=3. The van der Waals surface area contributed by atoms with Crippen LogP contribution in [0.4, 0.5) is 4.39 Å². The zero-order chi connectivity index (χ0) is 13.1. The van der Waals surface area contributed by atoms with Crippen molar-refractivity contribution in [1.82, 2.24) is 9.97 Å². The Hall–Kier alpha value is -1.96. The highest BCUT2D eigenvalue weighted by Gasteiger charge is 2.17. The van der Waals surface area contributed by atoms with Crippen LogP contribution >= 0.6 is 0 Å². The Bertz CT molecular complexity index is 921. The van der Waals surface area contributed by atoms with E-state index in [0.29, 0.717) is 22.2 Å². The molecule has 0 bridgehead atoms. The van der Waals surface area contributed by atoms with Gasteiger partial charge in [0, 0.05) is 5.56 Å². The molecule has 2 heterocycles. The Morgan fingerprint density at radius 2 is 1.61 bits per heavy atom. The quantitative estimate of drug-likeness (QED) is 0.665. The minimum Gasteiger partial charge on any atom is -0.223 e. The molecule has 0 fully saturated rings. The number of aryl methyl sites for hydroxylation is 2. The fraction of sp³-hybridized carbons (Fsp3) is 0.200. The zero-order valence-electron chi connectivity index (χ0n) is 9.47. The van der Waals surface area contributed by atoms with Crippen LogP contribution in [0.1, 0.15) is 11.1 Å². The molecule has 0 saturated heterocycles. The van der Waals surface area contributed by atoms with Gasteiger partial charge < -0.3 is 0 Å². The van der Waals surface area contributed by atoms with E-state index in [-0.39, 0.29) is 11.0 Å². The molecule has 18 heavy (non-hydrogen) atoms. The van der Waals surface area contributed by atoms with E-state index >= 15 is 0 Å². The lowest BCUT2D eigenvalue weighted by Gasteiger charge is -2.03. The molecule has 0 aliphatic carbocycles. The Labute approximate surface area is 101 Å². The topological polar surface area (TPSA) is 84.6 Å². The molecule has 0 N–H and O–H groups in total. The van der Waals surface area contributed by atoms with Crippen molar-refractivity contribution in [2.24, 2.45) is 8.80 Å². The summed E-state index contributed by atoms with van der Waals surface area (Å²) in [6.07, 6.45) is 0. The average Bonchev–Trinajstić information content (AvgIpc) is 2.57. The monoisotopic (exact) mass is 266 g/mol. The van der Waals surface area contributed by atoms with Gasteiger partial charge >= 0.3 is 10.2 Å². The lowest BCUT2D eigenvalue weighted by molar-refractivity contribution is 0.599. The minimum atomic E-state index is -3.89. The van der Waals surface area contributed by atoms with Crippen LogP contribution < -0.4 is 11.0 Å². The number of halogens is 1. The van der Waals surface area contributed by atoms with Crippen molar-refractivity contribution >= 4 is 21.2 Å². The smallest absolute Gasteiger partial charge is 0.223 e. The largest absolute Gasteiger partial charge is 0.367 e. The summed E-state index contributed by atoms with van der Waals surface area (Å²) in [7, 11) is -3.89. The molecule has 0 amide bonds. The van der Waals surface area contributed by atoms with Crippen molar-refractivity contribution < 1.29 is 12.8 Å². The first-order valence-electron chi connectivity index (χ1n) is 5.06. The van der Waals surface area contributed by atoms with E-state index < -0.39 is 16.0 Å². The van der Waals surface area contributed by atoms with Crippen LogP contribution in [0.25, 0.3) is 11.0 Å². The number of fused-ring (bicyclic) bond motifs is 2. The predicted molar refractivity (Wildman–Crippen MR) is 60.2 cm³/mol. The second-order valence-corrected chi connectivity index (χ2v) is 5.26. The first kappa shape index (κ1) is 11.1. The van der Waals surface area contributed by atoms with E-state index in [0.717, 1.165) is 0 Å². The van der Waals surface area contributed by atoms with Gasteiger partial charge in [-0.15, -0.1) is 8.80 Å². The second kappa shape index (κ2) is 3.29. The molecule has 1 aliphatic heterocycles. The average molecular weight is 266 g/mol. The van der Waals surface area contributed by atoms with Crippen molar-refractivity contribution in [3.63, 3.8) is 0 Å². The van der Waals surface area contributed by atoms with Crippen LogP contribution in [0.2, 0.25) is 0 Å². The zero-order valence-corrected chi connectivity index (χ0v) is 10.3. The van der Waals surface area contributed by atoms with Crippen molar-refractivity contribution in [3.05, 3.63) is 34.0 Å². The number of rotatable bonds is 0. The van der Waals surface area contributed by atoms with Gasteiger partial charge in [0.2, 0.25) is 11.0 Å². The summed E-state index contributed by atoms with van der Waals surface area (Å²) in [4.78, 5) is 8.11. The van der Waals surface area contributed by atoms with Gasteiger partial charge in [0.05, 0.1) is 11.0 Å². The van der Waals surface area contributed by atoms with E-state index in [1.165, 1.54) is 6.07 Å². The molecule has 0 spiro atoms. The van der Waals surface area contributed by atoms with Crippen LogP contribution in [-0.4, -0.2) is 18.4 Å². The third kappa shape index (κ3) is 1.49. The summed E-state index contributed by atoms with van der Waals surface area (Å²) in [6, 6.07) is 1.33. The highest BCUT2D eigenvalue weighted by Crippen LogP contribution is 2.19. The third-order valence-corrected chi connectivity index (χ3v) is 3.50. The second-order valence-electron chi connectivity index (χ2n) is 4.00. The van der Waals surface area contributed by atoms with Gasteiger partial charge in [-0.3, -0.25) is 0 Å². The third-order valence-electron chi connectivity index (χ3n) is 2.69. The van der Waals surface area contributed by atoms with Gasteiger partial charge in [-0.25, -0.2) is 14.4 Å². The molecule has 0 radical (unpaired) electrons. The summed E-state index contributed by atoms with van der Waals surface area (Å²) >= 11 is 0. The van der Waals surface area contributed by atoms with E-state index in [4.69, 9.17) is 0 Å². The molecule has 8 heteroatoms. The summed E-state index contributed by atoms with van der Waals surface area (Å²) in [5.74, 6) is -0.410. The maximum Gasteiger partial charge on any atom is 0.367 e. The highest BCUT2D eigenvalue weighted by atomic mass is 32.2. The fourth-order valence-electron chi connectivity index (χ4n) is 1.80. The standard InChI is InChI=1S/C10H7FN4O2S/c1-4-3-6(11)5(2)8-7(4)12-9-10(13-8)15-18(16,17)14-9/h3H,1-2H3. The number of benzene rings is 1. The van der Waals surface area contributed by atoms with Crippen LogP contribution in [0, 0.1) is 19.7 Å². The number of hydrogen-bond donors (Lipinski definition) is 0. The number of hydrogen-bond acceptors (Lipinski definition) is 4. The van der Waals surface area contributed by atoms with Gasteiger partial charge in [-0.2, -0.15) is 8.42 Å². The molecule has 6 nitrogen and oxygen atoms in total. The molecular formula is C10H7FN4O2S. The first-order chi connectivity index (χ1) is 8.37. The van der Waals surface area contributed by atoms with Crippen LogP contribution in [0.3, 0.4) is 0 Å². The Morgan fingerprint density at radius 3 is 2.22 bits per heavy atom. The molecule has 1 aromatic heterocycles. The number of aromatic nitrogens is 2. The summed E-state index contributed by atoms with van der Waals surface area (Å²) < 4.78 is 42.7. The van der Waals surface area contributed by atoms with Crippen LogP contribution in [0.5, 0.6) is 0 Å². The highest BCUT2D eigenvalue weighted by molar-refractivity contribution is 7.88. The molecule has 3 rings (SSSR count). The molecular weight excluding hydrogens is 259 g/mol. The van der Waals surface area contributed by atoms with Gasteiger partial charge in [0.1, 0.15) is 5.82 Å². The molecule has 0 unspecified atom stereocenters. The van der Waals surface area contributed by atoms with Crippen molar-refractivity contribution in [1.29, 1.82) is 0 Å². The normalized spacial score (nSPS) is 16.2. The van der Waals surface area contributed by atoms with Gasteiger partial charge in [0.15, 0.2) is 0 Å². The molecule has 92 valence electrons. The van der Waals surface area contributed by atoms with Crippen molar-refractivity contribution in [2.75, 3.05) is 0 Å². The van der Waals surface area contributed by atoms with E-state index in [9.17, 15) is 12.8 Å². The number of nitrogens with zero attached hydrogens (tertiary/aromatic N) is 4. The lowest BCUT2D eigenvalue weighted by atomic mass is 10.1. The minimum absolute atomic E-state index is 0.0448. The Morgan fingerprint density at radius 1 is 1.06 bits per heavy atom.